The molecule has 0 aliphatic rings. The zero-order valence-corrected chi connectivity index (χ0v) is 8.99. The van der Waals surface area contributed by atoms with Crippen LogP contribution in [0.4, 0.5) is 0 Å². The van der Waals surface area contributed by atoms with Gasteiger partial charge in [-0.05, 0) is 19.5 Å². The van der Waals surface area contributed by atoms with E-state index in [2.05, 4.69) is 29.6 Å². The molecule has 0 fully saturated rings. The van der Waals surface area contributed by atoms with Crippen molar-refractivity contribution in [1.29, 1.82) is 0 Å². The molecule has 0 aliphatic heterocycles. The molecule has 1 unspecified atom stereocenters. The van der Waals surface area contributed by atoms with Gasteiger partial charge in [0.1, 0.15) is 0 Å². The fraction of sp³-hybridized carbons (Fsp3) is 0.500. The third-order valence-corrected chi connectivity index (χ3v) is 2.24. The summed E-state index contributed by atoms with van der Waals surface area (Å²) in [5, 5.41) is 3.20. The largest absolute Gasteiger partial charge is 0.381 e. The summed E-state index contributed by atoms with van der Waals surface area (Å²) in [4.78, 5) is 0. The van der Waals surface area contributed by atoms with Crippen molar-refractivity contribution < 1.29 is 4.74 Å². The van der Waals surface area contributed by atoms with Crippen LogP contribution in [0.1, 0.15) is 18.4 Å². The van der Waals surface area contributed by atoms with Gasteiger partial charge in [-0.25, -0.2) is 0 Å². The highest BCUT2D eigenvalue weighted by atomic mass is 16.5. The summed E-state index contributed by atoms with van der Waals surface area (Å²) in [6.07, 6.45) is 0. The maximum Gasteiger partial charge on any atom is 0.0546 e. The van der Waals surface area contributed by atoms with Gasteiger partial charge in [-0.3, -0.25) is 0 Å². The minimum atomic E-state index is 0.459. The molecule has 1 atom stereocenters. The molecule has 2 heteroatoms. The van der Waals surface area contributed by atoms with E-state index >= 15 is 0 Å². The minimum absolute atomic E-state index is 0.459. The van der Waals surface area contributed by atoms with E-state index in [-0.39, 0.29) is 0 Å². The average Bonchev–Trinajstić information content (AvgIpc) is 2.25. The Bertz CT molecular complexity index is 235. The van der Waals surface area contributed by atoms with Crippen LogP contribution >= 0.6 is 0 Å². The van der Waals surface area contributed by atoms with Crippen LogP contribution in [0.15, 0.2) is 30.3 Å². The molecule has 0 aromatic heterocycles. The molecule has 0 amide bonds. The van der Waals surface area contributed by atoms with Crippen LogP contribution in [0, 0.1) is 0 Å². The molecule has 1 aromatic rings. The molecule has 78 valence electrons. The Morgan fingerprint density at radius 1 is 1.29 bits per heavy atom. The van der Waals surface area contributed by atoms with E-state index in [0.29, 0.717) is 5.92 Å². The van der Waals surface area contributed by atoms with Gasteiger partial charge < -0.3 is 10.1 Å². The number of ether oxygens (including phenoxy) is 1. The van der Waals surface area contributed by atoms with Crippen LogP contribution in [-0.2, 0) is 4.74 Å². The van der Waals surface area contributed by atoms with Crippen molar-refractivity contribution in [3.63, 3.8) is 0 Å². The fourth-order valence-electron chi connectivity index (χ4n) is 1.50. The van der Waals surface area contributed by atoms with Gasteiger partial charge in [-0.15, -0.1) is 0 Å². The van der Waals surface area contributed by atoms with Crippen LogP contribution in [0.5, 0.6) is 0 Å². The van der Waals surface area contributed by atoms with Crippen LogP contribution in [-0.4, -0.2) is 26.8 Å². The number of nitrogens with one attached hydrogen (secondary N) is 1. The molecular formula is C12H19NO. The lowest BCUT2D eigenvalue weighted by atomic mass is 10.0. The molecule has 0 radical (unpaired) electrons. The van der Waals surface area contributed by atoms with E-state index < -0.39 is 0 Å². The summed E-state index contributed by atoms with van der Waals surface area (Å²) in [7, 11) is 1.97. The highest BCUT2D eigenvalue weighted by Crippen LogP contribution is 2.14. The zero-order valence-electron chi connectivity index (χ0n) is 8.99. The number of hydrogen-bond donors (Lipinski definition) is 1. The summed E-state index contributed by atoms with van der Waals surface area (Å²) < 4.78 is 5.46. The number of likely N-dealkylation sites (N-methyl/N-ethyl adjacent to an activating group) is 1. The van der Waals surface area contributed by atoms with Gasteiger partial charge in [0.15, 0.2) is 0 Å². The van der Waals surface area contributed by atoms with E-state index in [1.165, 1.54) is 5.56 Å². The lowest BCUT2D eigenvalue weighted by Gasteiger charge is -2.16. The molecule has 0 aliphatic carbocycles. The third-order valence-electron chi connectivity index (χ3n) is 2.24. The van der Waals surface area contributed by atoms with Gasteiger partial charge >= 0.3 is 0 Å². The number of benzene rings is 1. The van der Waals surface area contributed by atoms with Crippen LogP contribution < -0.4 is 5.32 Å². The maximum atomic E-state index is 5.46. The van der Waals surface area contributed by atoms with Gasteiger partial charge in [0, 0.05) is 19.1 Å². The highest BCUT2D eigenvalue weighted by molar-refractivity contribution is 5.19. The summed E-state index contributed by atoms with van der Waals surface area (Å²) >= 11 is 0. The van der Waals surface area contributed by atoms with E-state index in [4.69, 9.17) is 4.74 Å². The normalized spacial score (nSPS) is 12.7. The number of rotatable bonds is 6. The smallest absolute Gasteiger partial charge is 0.0546 e. The van der Waals surface area contributed by atoms with E-state index in [1.807, 2.05) is 20.0 Å². The van der Waals surface area contributed by atoms with Crippen LogP contribution in [0.2, 0.25) is 0 Å². The third kappa shape index (κ3) is 3.48. The Kier molecular flexibility index (Phi) is 5.27. The first-order valence-electron chi connectivity index (χ1n) is 5.15. The molecule has 0 heterocycles. The molecule has 0 bridgehead atoms. The predicted octanol–water partition coefficient (Wildman–Crippen LogP) is 2.03. The van der Waals surface area contributed by atoms with E-state index in [9.17, 15) is 0 Å². The SMILES string of the molecule is CCOCC(CNC)c1ccccc1. The predicted molar refractivity (Wildman–Crippen MR) is 59.6 cm³/mol. The standard InChI is InChI=1S/C12H19NO/c1-3-14-10-12(9-13-2)11-7-5-4-6-8-11/h4-8,12-13H,3,9-10H2,1-2H3. The molecule has 1 aromatic carbocycles. The highest BCUT2D eigenvalue weighted by Gasteiger charge is 2.09. The van der Waals surface area contributed by atoms with Crippen molar-refractivity contribution >= 4 is 0 Å². The second-order valence-electron chi connectivity index (χ2n) is 3.32. The lowest BCUT2D eigenvalue weighted by Crippen LogP contribution is -2.21. The lowest BCUT2D eigenvalue weighted by molar-refractivity contribution is 0.132. The monoisotopic (exact) mass is 193 g/mol. The minimum Gasteiger partial charge on any atom is -0.381 e. The van der Waals surface area contributed by atoms with Gasteiger partial charge in [0.2, 0.25) is 0 Å². The molecule has 1 N–H and O–H groups in total. The first kappa shape index (κ1) is 11.2. The van der Waals surface area contributed by atoms with Gasteiger partial charge in [-0.2, -0.15) is 0 Å². The van der Waals surface area contributed by atoms with Crippen molar-refractivity contribution in [2.24, 2.45) is 0 Å². The molecule has 1 rings (SSSR count). The quantitative estimate of drug-likeness (QED) is 0.746. The first-order chi connectivity index (χ1) is 6.88. The van der Waals surface area contributed by atoms with Crippen molar-refractivity contribution in [3.05, 3.63) is 35.9 Å². The zero-order chi connectivity index (χ0) is 10.2. The molecule has 0 spiro atoms. The maximum absolute atomic E-state index is 5.46. The Labute approximate surface area is 86.3 Å². The Balaban J connectivity index is 2.58. The van der Waals surface area contributed by atoms with E-state index in [1.54, 1.807) is 0 Å². The second-order valence-corrected chi connectivity index (χ2v) is 3.32. The Morgan fingerprint density at radius 2 is 2.00 bits per heavy atom. The molecule has 0 saturated carbocycles. The molecule has 2 nitrogen and oxygen atoms in total. The van der Waals surface area contributed by atoms with Crippen molar-refractivity contribution in [2.75, 3.05) is 26.8 Å². The van der Waals surface area contributed by atoms with Crippen molar-refractivity contribution in [3.8, 4) is 0 Å². The topological polar surface area (TPSA) is 21.3 Å². The van der Waals surface area contributed by atoms with Crippen LogP contribution in [0.3, 0.4) is 0 Å². The van der Waals surface area contributed by atoms with Gasteiger partial charge in [0.25, 0.3) is 0 Å². The van der Waals surface area contributed by atoms with Crippen LogP contribution in [0.25, 0.3) is 0 Å². The fourth-order valence-corrected chi connectivity index (χ4v) is 1.50. The summed E-state index contributed by atoms with van der Waals surface area (Å²) in [6.45, 7) is 4.57. The first-order valence-corrected chi connectivity index (χ1v) is 5.15. The summed E-state index contributed by atoms with van der Waals surface area (Å²) in [6, 6.07) is 10.5. The average molecular weight is 193 g/mol. The van der Waals surface area contributed by atoms with E-state index in [0.717, 1.165) is 19.8 Å². The van der Waals surface area contributed by atoms with Gasteiger partial charge in [-0.1, -0.05) is 30.3 Å². The van der Waals surface area contributed by atoms with Crippen molar-refractivity contribution in [2.45, 2.75) is 12.8 Å². The van der Waals surface area contributed by atoms with Crippen molar-refractivity contribution in [1.82, 2.24) is 5.32 Å². The van der Waals surface area contributed by atoms with Gasteiger partial charge in [0.05, 0.1) is 6.61 Å². The Hall–Kier alpha value is -0.860. The molecule has 14 heavy (non-hydrogen) atoms. The molecular weight excluding hydrogens is 174 g/mol. The second kappa shape index (κ2) is 6.57. The summed E-state index contributed by atoms with van der Waals surface area (Å²) in [5.41, 5.74) is 1.34. The number of hydrogen-bond acceptors (Lipinski definition) is 2. The molecule has 0 saturated heterocycles. The summed E-state index contributed by atoms with van der Waals surface area (Å²) in [5.74, 6) is 0.459. The Morgan fingerprint density at radius 3 is 2.57 bits per heavy atom.